The summed E-state index contributed by atoms with van der Waals surface area (Å²) < 4.78 is 0. The van der Waals surface area contributed by atoms with Gasteiger partial charge in [0.05, 0.1) is 0 Å². The number of benzene rings is 1. The number of hydrogen-bond donors (Lipinski definition) is 5. The van der Waals surface area contributed by atoms with Gasteiger partial charge in [0.1, 0.15) is 0 Å². The molecule has 2 fully saturated rings. The standard InChI is InChI=1S/C13H18N2.C4H6O6/c14-12-9-15(10-13(12)6-7-13)8-11-4-2-1-3-5-11;5-1(3(7)8)2(6)4(9)10/h1-5,12H,6-10,14H2;1-2,5-6H,(H,7,8)(H,9,10)/t12-;1-,2-/m10/s1. The minimum atomic E-state index is -2.27. The first kappa shape index (κ1) is 19.3. The van der Waals surface area contributed by atoms with Crippen LogP contribution in [0.2, 0.25) is 0 Å². The van der Waals surface area contributed by atoms with Crippen LogP contribution >= 0.6 is 0 Å². The zero-order valence-corrected chi connectivity index (χ0v) is 13.8. The highest BCUT2D eigenvalue weighted by Gasteiger charge is 2.53. The van der Waals surface area contributed by atoms with Gasteiger partial charge < -0.3 is 26.2 Å². The molecule has 138 valence electrons. The number of carboxylic acids is 2. The van der Waals surface area contributed by atoms with E-state index in [0.29, 0.717) is 11.5 Å². The van der Waals surface area contributed by atoms with Crippen LogP contribution in [0.5, 0.6) is 0 Å². The van der Waals surface area contributed by atoms with E-state index in [1.54, 1.807) is 0 Å². The van der Waals surface area contributed by atoms with Gasteiger partial charge in [-0.2, -0.15) is 0 Å². The van der Waals surface area contributed by atoms with Crippen LogP contribution in [0.15, 0.2) is 30.3 Å². The Labute approximate surface area is 145 Å². The van der Waals surface area contributed by atoms with Crippen molar-refractivity contribution in [2.75, 3.05) is 13.1 Å². The first-order valence-electron chi connectivity index (χ1n) is 8.09. The first-order valence-corrected chi connectivity index (χ1v) is 8.09. The minimum absolute atomic E-state index is 0.418. The van der Waals surface area contributed by atoms with Gasteiger partial charge in [0, 0.05) is 25.7 Å². The maximum atomic E-state index is 9.77. The Balaban J connectivity index is 0.000000199. The number of carboxylic acid groups (broad SMARTS) is 2. The second kappa shape index (κ2) is 7.92. The van der Waals surface area contributed by atoms with Crippen LogP contribution in [0, 0.1) is 5.41 Å². The molecule has 0 radical (unpaired) electrons. The summed E-state index contributed by atoms with van der Waals surface area (Å²) >= 11 is 0. The molecule has 1 saturated heterocycles. The highest BCUT2D eigenvalue weighted by Crippen LogP contribution is 2.52. The zero-order chi connectivity index (χ0) is 18.6. The monoisotopic (exact) mass is 352 g/mol. The van der Waals surface area contributed by atoms with E-state index >= 15 is 0 Å². The Kier molecular flexibility index (Phi) is 6.12. The summed E-state index contributed by atoms with van der Waals surface area (Å²) in [5.74, 6) is -3.54. The third-order valence-corrected chi connectivity index (χ3v) is 4.73. The van der Waals surface area contributed by atoms with Crippen molar-refractivity contribution in [1.82, 2.24) is 4.90 Å². The summed E-state index contributed by atoms with van der Waals surface area (Å²) in [6, 6.07) is 11.1. The molecule has 3 atom stereocenters. The van der Waals surface area contributed by atoms with Gasteiger partial charge in [-0.15, -0.1) is 0 Å². The summed E-state index contributed by atoms with van der Waals surface area (Å²) in [5, 5.41) is 32.5. The van der Waals surface area contributed by atoms with Crippen molar-refractivity contribution >= 4 is 11.9 Å². The largest absolute Gasteiger partial charge is 0.479 e. The van der Waals surface area contributed by atoms with Crippen molar-refractivity contribution in [3.05, 3.63) is 35.9 Å². The number of aliphatic carboxylic acids is 2. The Morgan fingerprint density at radius 1 is 1.12 bits per heavy atom. The molecular weight excluding hydrogens is 328 g/mol. The van der Waals surface area contributed by atoms with E-state index in [1.807, 2.05) is 0 Å². The van der Waals surface area contributed by atoms with Crippen LogP contribution in [0.25, 0.3) is 0 Å². The van der Waals surface area contributed by atoms with E-state index < -0.39 is 24.1 Å². The average Bonchev–Trinajstić information content (AvgIpc) is 3.28. The van der Waals surface area contributed by atoms with Crippen molar-refractivity contribution in [2.24, 2.45) is 11.1 Å². The molecule has 1 spiro atoms. The van der Waals surface area contributed by atoms with Crippen molar-refractivity contribution in [1.29, 1.82) is 0 Å². The zero-order valence-electron chi connectivity index (χ0n) is 13.8. The van der Waals surface area contributed by atoms with Crippen molar-refractivity contribution in [3.63, 3.8) is 0 Å². The lowest BCUT2D eigenvalue weighted by molar-refractivity contribution is -0.165. The molecule has 2 aliphatic rings. The van der Waals surface area contributed by atoms with Gasteiger partial charge in [0.25, 0.3) is 0 Å². The number of rotatable bonds is 5. The lowest BCUT2D eigenvalue weighted by Crippen LogP contribution is -2.39. The molecule has 1 aromatic carbocycles. The highest BCUT2D eigenvalue weighted by atomic mass is 16.4. The van der Waals surface area contributed by atoms with E-state index in [2.05, 4.69) is 35.2 Å². The van der Waals surface area contributed by atoms with E-state index in [1.165, 1.54) is 24.9 Å². The molecule has 1 aromatic rings. The molecule has 6 N–H and O–H groups in total. The number of likely N-dealkylation sites (tertiary alicyclic amines) is 1. The van der Waals surface area contributed by atoms with E-state index in [9.17, 15) is 9.59 Å². The van der Waals surface area contributed by atoms with Crippen LogP contribution in [0.4, 0.5) is 0 Å². The van der Waals surface area contributed by atoms with Gasteiger partial charge in [-0.05, 0) is 23.8 Å². The lowest BCUT2D eigenvalue weighted by Gasteiger charge is -2.15. The lowest BCUT2D eigenvalue weighted by atomic mass is 10.0. The SMILES string of the molecule is N[C@@H]1CN(Cc2ccccc2)CC12CC2.O=C(O)[C@@H](O)[C@H](O)C(=O)O. The maximum absolute atomic E-state index is 9.77. The quantitative estimate of drug-likeness (QED) is 0.476. The Bertz CT molecular complexity index is 586. The van der Waals surface area contributed by atoms with E-state index in [0.717, 1.165) is 13.1 Å². The van der Waals surface area contributed by atoms with Gasteiger partial charge in [0.15, 0.2) is 12.2 Å². The van der Waals surface area contributed by atoms with Gasteiger partial charge in [0.2, 0.25) is 0 Å². The molecule has 1 aliphatic carbocycles. The second-order valence-electron chi connectivity index (χ2n) is 6.69. The fourth-order valence-corrected chi connectivity index (χ4v) is 3.02. The topological polar surface area (TPSA) is 144 Å². The van der Waals surface area contributed by atoms with Crippen molar-refractivity contribution < 1.29 is 30.0 Å². The Morgan fingerprint density at radius 3 is 2.04 bits per heavy atom. The molecule has 8 nitrogen and oxygen atoms in total. The normalized spacial score (nSPS) is 23.4. The van der Waals surface area contributed by atoms with Crippen molar-refractivity contribution in [2.45, 2.75) is 37.6 Å². The summed E-state index contributed by atoms with van der Waals surface area (Å²) in [7, 11) is 0. The van der Waals surface area contributed by atoms with Crippen molar-refractivity contribution in [3.8, 4) is 0 Å². The molecule has 0 amide bonds. The third-order valence-electron chi connectivity index (χ3n) is 4.73. The molecule has 0 bridgehead atoms. The van der Waals surface area contributed by atoms with Gasteiger partial charge >= 0.3 is 11.9 Å². The molecule has 1 heterocycles. The summed E-state index contributed by atoms with van der Waals surface area (Å²) in [6.45, 7) is 3.36. The predicted molar refractivity (Wildman–Crippen MR) is 88.6 cm³/mol. The Morgan fingerprint density at radius 2 is 1.64 bits per heavy atom. The van der Waals surface area contributed by atoms with Crippen LogP contribution in [-0.4, -0.2) is 68.6 Å². The molecule has 0 aromatic heterocycles. The van der Waals surface area contributed by atoms with E-state index in [4.69, 9.17) is 26.2 Å². The Hall–Kier alpha value is -2.00. The summed E-state index contributed by atoms with van der Waals surface area (Å²) in [4.78, 5) is 22.1. The molecule has 8 heteroatoms. The van der Waals surface area contributed by atoms with Gasteiger partial charge in [-0.25, -0.2) is 9.59 Å². The molecule has 1 saturated carbocycles. The number of nitrogens with two attached hydrogens (primary N) is 1. The average molecular weight is 352 g/mol. The maximum Gasteiger partial charge on any atom is 0.335 e. The summed E-state index contributed by atoms with van der Waals surface area (Å²) in [6.07, 6.45) is -1.84. The van der Waals surface area contributed by atoms with Crippen LogP contribution < -0.4 is 5.73 Å². The fourth-order valence-electron chi connectivity index (χ4n) is 3.02. The third kappa shape index (κ3) is 4.99. The molecule has 25 heavy (non-hydrogen) atoms. The number of carbonyl (C=O) groups is 2. The van der Waals surface area contributed by atoms with Crippen LogP contribution in [0.1, 0.15) is 18.4 Å². The van der Waals surface area contributed by atoms with Gasteiger partial charge in [-0.3, -0.25) is 4.90 Å². The first-order chi connectivity index (χ1) is 11.7. The van der Waals surface area contributed by atoms with Crippen LogP contribution in [-0.2, 0) is 16.1 Å². The fraction of sp³-hybridized carbons (Fsp3) is 0.529. The summed E-state index contributed by atoms with van der Waals surface area (Å²) in [5.41, 5.74) is 8.09. The molecule has 0 unspecified atom stereocenters. The smallest absolute Gasteiger partial charge is 0.335 e. The molecule has 1 aliphatic heterocycles. The predicted octanol–water partition coefficient (Wildman–Crippen LogP) is -0.513. The molecular formula is C17H24N2O6. The minimum Gasteiger partial charge on any atom is -0.479 e. The van der Waals surface area contributed by atoms with Crippen LogP contribution in [0.3, 0.4) is 0 Å². The number of nitrogens with zero attached hydrogens (tertiary/aromatic N) is 1. The second-order valence-corrected chi connectivity index (χ2v) is 6.69. The number of aliphatic hydroxyl groups excluding tert-OH is 2. The highest BCUT2D eigenvalue weighted by molar-refractivity contribution is 5.83. The number of aliphatic hydroxyl groups is 2. The van der Waals surface area contributed by atoms with E-state index in [-0.39, 0.29) is 0 Å². The number of hydrogen-bond acceptors (Lipinski definition) is 6. The van der Waals surface area contributed by atoms with Gasteiger partial charge in [-0.1, -0.05) is 30.3 Å². The molecule has 3 rings (SSSR count).